The topological polar surface area (TPSA) is 61.9 Å². The molecule has 29 heavy (non-hydrogen) atoms. The zero-order valence-corrected chi connectivity index (χ0v) is 18.1. The number of hydrogen-bond acceptors (Lipinski definition) is 4. The summed E-state index contributed by atoms with van der Waals surface area (Å²) < 4.78 is 5.37. The number of ether oxygens (including phenoxy) is 1. The lowest BCUT2D eigenvalue weighted by molar-refractivity contribution is -0.133. The van der Waals surface area contributed by atoms with Crippen LogP contribution < -0.4 is 5.32 Å². The molecule has 1 aromatic carbocycles. The number of carbonyl (C=O) groups is 2. The van der Waals surface area contributed by atoms with Crippen molar-refractivity contribution >= 4 is 29.2 Å². The van der Waals surface area contributed by atoms with Gasteiger partial charge in [0.25, 0.3) is 0 Å². The van der Waals surface area contributed by atoms with E-state index in [1.165, 1.54) is 0 Å². The summed E-state index contributed by atoms with van der Waals surface area (Å²) in [6, 6.07) is 8.78. The quantitative estimate of drug-likeness (QED) is 0.493. The highest BCUT2D eigenvalue weighted by atomic mass is 32.1. The van der Waals surface area contributed by atoms with Crippen LogP contribution in [0.5, 0.6) is 0 Å². The van der Waals surface area contributed by atoms with Gasteiger partial charge < -0.3 is 19.9 Å². The number of hydrogen-bond donors (Lipinski definition) is 1. The Balaban J connectivity index is 2.14. The van der Waals surface area contributed by atoms with Gasteiger partial charge in [-0.3, -0.25) is 4.79 Å². The lowest BCUT2D eigenvalue weighted by Crippen LogP contribution is -2.54. The second-order valence-electron chi connectivity index (χ2n) is 6.99. The van der Waals surface area contributed by atoms with Gasteiger partial charge in [-0.1, -0.05) is 48.6 Å². The highest BCUT2D eigenvalue weighted by Crippen LogP contribution is 2.18. The van der Waals surface area contributed by atoms with E-state index in [1.807, 2.05) is 44.2 Å². The number of benzene rings is 1. The van der Waals surface area contributed by atoms with E-state index in [1.54, 1.807) is 11.0 Å². The molecule has 1 aliphatic heterocycles. The molecule has 1 saturated heterocycles. The third-order valence-electron chi connectivity index (χ3n) is 5.14. The summed E-state index contributed by atoms with van der Waals surface area (Å²) >= 11 is 5.69. The van der Waals surface area contributed by atoms with E-state index in [4.69, 9.17) is 17.0 Å². The first-order chi connectivity index (χ1) is 14.0. The van der Waals surface area contributed by atoms with Crippen molar-refractivity contribution in [2.24, 2.45) is 5.92 Å². The van der Waals surface area contributed by atoms with Gasteiger partial charge in [-0.25, -0.2) is 4.79 Å². The van der Waals surface area contributed by atoms with Crippen molar-refractivity contribution in [3.05, 3.63) is 48.6 Å². The van der Waals surface area contributed by atoms with E-state index in [0.717, 1.165) is 31.5 Å². The van der Waals surface area contributed by atoms with Gasteiger partial charge in [-0.05, 0) is 32.3 Å². The molecule has 6 nitrogen and oxygen atoms in total. The fourth-order valence-electron chi connectivity index (χ4n) is 3.46. The molecule has 1 N–H and O–H groups in total. The number of carbonyl (C=O) groups excluding carboxylic acids is 2. The molecule has 7 heteroatoms. The lowest BCUT2D eigenvalue weighted by Gasteiger charge is -2.33. The first-order valence-electron chi connectivity index (χ1n) is 10.2. The Bertz CT molecular complexity index is 701. The van der Waals surface area contributed by atoms with Crippen molar-refractivity contribution in [2.75, 3.05) is 26.2 Å². The second-order valence-corrected chi connectivity index (χ2v) is 7.41. The van der Waals surface area contributed by atoms with Gasteiger partial charge in [0, 0.05) is 26.2 Å². The molecule has 0 unspecified atom stereocenters. The first-order valence-corrected chi connectivity index (χ1v) is 10.6. The molecule has 0 bridgehead atoms. The average molecular weight is 418 g/mol. The van der Waals surface area contributed by atoms with E-state index in [0.29, 0.717) is 18.1 Å². The molecular weight excluding hydrogens is 386 g/mol. The van der Waals surface area contributed by atoms with Crippen LogP contribution in [0.25, 0.3) is 0 Å². The zero-order valence-electron chi connectivity index (χ0n) is 17.3. The molecule has 1 fully saturated rings. The number of rotatable bonds is 9. The van der Waals surface area contributed by atoms with Gasteiger partial charge in [0.1, 0.15) is 11.6 Å². The van der Waals surface area contributed by atoms with E-state index < -0.39 is 18.1 Å². The van der Waals surface area contributed by atoms with Gasteiger partial charge in [0.15, 0.2) is 0 Å². The highest BCUT2D eigenvalue weighted by molar-refractivity contribution is 7.80. The molecule has 2 amide bonds. The van der Waals surface area contributed by atoms with Crippen LogP contribution in [0.2, 0.25) is 0 Å². The Hall–Kier alpha value is -2.41. The zero-order chi connectivity index (χ0) is 21.2. The van der Waals surface area contributed by atoms with E-state index >= 15 is 0 Å². The maximum Gasteiger partial charge on any atom is 0.408 e. The highest BCUT2D eigenvalue weighted by Gasteiger charge is 2.35. The molecule has 2 atom stereocenters. The SMILES string of the molecule is C=C[C@@H](C(=O)N(CC)CC)[C@@H](NC(=O)OCc1ccccc1)C(=S)N1CCCC1. The van der Waals surface area contributed by atoms with Crippen LogP contribution in [0.1, 0.15) is 32.3 Å². The molecule has 0 spiro atoms. The van der Waals surface area contributed by atoms with Crippen LogP contribution in [0.15, 0.2) is 43.0 Å². The summed E-state index contributed by atoms with van der Waals surface area (Å²) in [6.45, 7) is 10.7. The van der Waals surface area contributed by atoms with Gasteiger partial charge in [0.05, 0.1) is 12.0 Å². The van der Waals surface area contributed by atoms with Crippen molar-refractivity contribution in [1.29, 1.82) is 0 Å². The van der Waals surface area contributed by atoms with Crippen molar-refractivity contribution in [3.8, 4) is 0 Å². The number of nitrogens with one attached hydrogen (secondary N) is 1. The normalized spacial score (nSPS) is 15.3. The summed E-state index contributed by atoms with van der Waals surface area (Å²) in [5.74, 6) is -0.743. The maximum absolute atomic E-state index is 13.0. The first kappa shape index (κ1) is 22.9. The Labute approximate surface area is 178 Å². The molecule has 0 aliphatic carbocycles. The Morgan fingerprint density at radius 3 is 2.41 bits per heavy atom. The predicted octanol–water partition coefficient (Wildman–Crippen LogP) is 3.38. The van der Waals surface area contributed by atoms with Crippen molar-refractivity contribution in [2.45, 2.75) is 39.3 Å². The van der Waals surface area contributed by atoms with Crippen LogP contribution in [0.3, 0.4) is 0 Å². The minimum Gasteiger partial charge on any atom is -0.445 e. The molecule has 1 heterocycles. The minimum atomic E-state index is -0.669. The molecule has 0 saturated carbocycles. The molecule has 1 aromatic rings. The molecule has 2 rings (SSSR count). The Kier molecular flexibility index (Phi) is 9.12. The summed E-state index contributed by atoms with van der Waals surface area (Å²) in [6.07, 6.45) is 3.08. The smallest absolute Gasteiger partial charge is 0.408 e. The van der Waals surface area contributed by atoms with Crippen LogP contribution >= 0.6 is 12.2 Å². The number of likely N-dealkylation sites (tertiary alicyclic amines) is 1. The van der Waals surface area contributed by atoms with Gasteiger partial charge in [-0.15, -0.1) is 6.58 Å². The third-order valence-corrected chi connectivity index (χ3v) is 5.66. The fourth-order valence-corrected chi connectivity index (χ4v) is 3.84. The third kappa shape index (κ3) is 6.29. The van der Waals surface area contributed by atoms with Gasteiger partial charge >= 0.3 is 6.09 Å². The lowest BCUT2D eigenvalue weighted by atomic mass is 9.97. The monoisotopic (exact) mass is 417 g/mol. The fraction of sp³-hybridized carbons (Fsp3) is 0.500. The number of thiocarbonyl (C=S) groups is 1. The molecular formula is C22H31N3O3S. The van der Waals surface area contributed by atoms with Crippen molar-refractivity contribution in [1.82, 2.24) is 15.1 Å². The summed E-state index contributed by atoms with van der Waals surface area (Å²) in [7, 11) is 0. The number of alkyl carbamates (subject to hydrolysis) is 1. The van der Waals surface area contributed by atoms with E-state index in [-0.39, 0.29) is 12.5 Å². The minimum absolute atomic E-state index is 0.0973. The van der Waals surface area contributed by atoms with Crippen molar-refractivity contribution < 1.29 is 14.3 Å². The summed E-state index contributed by atoms with van der Waals surface area (Å²) in [5.41, 5.74) is 0.890. The standard InChI is InChI=1S/C22H31N3O3S/c1-4-18(20(26)24(5-2)6-3)19(21(29)25-14-10-11-15-25)23-22(27)28-16-17-12-8-7-9-13-17/h4,7-9,12-13,18-19H,1,5-6,10-11,14-16H2,2-3H3,(H,23,27)/t18-,19-/m1/s1. The van der Waals surface area contributed by atoms with Crippen LogP contribution in [-0.4, -0.2) is 59.0 Å². The molecule has 1 aliphatic rings. The van der Waals surface area contributed by atoms with Crippen molar-refractivity contribution in [3.63, 3.8) is 0 Å². The number of amides is 2. The molecule has 158 valence electrons. The Morgan fingerprint density at radius 2 is 1.86 bits per heavy atom. The van der Waals surface area contributed by atoms with E-state index in [2.05, 4.69) is 16.8 Å². The summed E-state index contributed by atoms with van der Waals surface area (Å²) in [4.78, 5) is 29.9. The second kappa shape index (κ2) is 11.6. The van der Waals surface area contributed by atoms with Crippen LogP contribution in [0.4, 0.5) is 4.79 Å². The largest absolute Gasteiger partial charge is 0.445 e. The molecule has 0 radical (unpaired) electrons. The number of nitrogens with zero attached hydrogens (tertiary/aromatic N) is 2. The average Bonchev–Trinajstić information content (AvgIpc) is 3.28. The van der Waals surface area contributed by atoms with E-state index in [9.17, 15) is 9.59 Å². The molecule has 0 aromatic heterocycles. The Morgan fingerprint density at radius 1 is 1.24 bits per heavy atom. The van der Waals surface area contributed by atoms with Crippen LogP contribution in [-0.2, 0) is 16.1 Å². The maximum atomic E-state index is 13.0. The summed E-state index contributed by atoms with van der Waals surface area (Å²) in [5, 5.41) is 2.84. The van der Waals surface area contributed by atoms with Gasteiger partial charge in [0.2, 0.25) is 5.91 Å². The van der Waals surface area contributed by atoms with Crippen LogP contribution in [0, 0.1) is 5.92 Å². The predicted molar refractivity (Wildman–Crippen MR) is 119 cm³/mol. The van der Waals surface area contributed by atoms with Gasteiger partial charge in [-0.2, -0.15) is 0 Å².